The number of rotatable bonds is 4. The smallest absolute Gasteiger partial charge is 0.126 e. The molecule has 3 nitrogen and oxygen atoms in total. The van der Waals surface area contributed by atoms with E-state index in [1.165, 1.54) is 19.3 Å². The minimum Gasteiger partial charge on any atom is -0.496 e. The monoisotopic (exact) mass is 343 g/mol. The van der Waals surface area contributed by atoms with Gasteiger partial charge in [0.2, 0.25) is 0 Å². The molecule has 25 heavy (non-hydrogen) atoms. The maximum Gasteiger partial charge on any atom is 0.126 e. The van der Waals surface area contributed by atoms with Crippen molar-refractivity contribution in [2.24, 2.45) is 11.8 Å². The molecule has 0 unspecified atom stereocenters. The quantitative estimate of drug-likeness (QED) is 0.770. The van der Waals surface area contributed by atoms with Crippen LogP contribution in [0.15, 0.2) is 30.3 Å². The van der Waals surface area contributed by atoms with Gasteiger partial charge in [0.15, 0.2) is 0 Å². The van der Waals surface area contributed by atoms with Crippen molar-refractivity contribution in [1.29, 1.82) is 0 Å². The summed E-state index contributed by atoms with van der Waals surface area (Å²) in [4.78, 5) is 2.51. The highest BCUT2D eigenvalue weighted by molar-refractivity contribution is 5.57. The Morgan fingerprint density at radius 3 is 2.76 bits per heavy atom. The molecule has 1 aliphatic heterocycles. The first-order valence-electron chi connectivity index (χ1n) is 9.65. The summed E-state index contributed by atoms with van der Waals surface area (Å²) < 4.78 is 11.9. The topological polar surface area (TPSA) is 21.7 Å². The van der Waals surface area contributed by atoms with Crippen LogP contribution in [0.4, 0.5) is 0 Å². The van der Waals surface area contributed by atoms with Gasteiger partial charge in [0, 0.05) is 23.6 Å². The molecule has 3 rings (SSSR count). The summed E-state index contributed by atoms with van der Waals surface area (Å²) in [6.07, 6.45) is 8.79. The van der Waals surface area contributed by atoms with Crippen LogP contribution in [0.25, 0.3) is 6.08 Å². The SMILES string of the molecule is COc1ccccc1/C=C/CN1[C@H](C)O[C@@H]2C[C@H](C)CC[C@H]2C1(C)C. The lowest BCUT2D eigenvalue weighted by atomic mass is 9.70. The van der Waals surface area contributed by atoms with E-state index in [0.29, 0.717) is 12.0 Å². The van der Waals surface area contributed by atoms with E-state index in [-0.39, 0.29) is 11.8 Å². The number of hydrogen-bond donors (Lipinski definition) is 0. The van der Waals surface area contributed by atoms with E-state index in [1.54, 1.807) is 7.11 Å². The Morgan fingerprint density at radius 1 is 1.24 bits per heavy atom. The predicted molar refractivity (Wildman–Crippen MR) is 104 cm³/mol. The summed E-state index contributed by atoms with van der Waals surface area (Å²) in [6, 6.07) is 8.15. The minimum absolute atomic E-state index is 0.156. The van der Waals surface area contributed by atoms with Gasteiger partial charge in [-0.15, -0.1) is 0 Å². The zero-order valence-corrected chi connectivity index (χ0v) is 16.4. The average Bonchev–Trinajstić information content (AvgIpc) is 2.57. The maximum atomic E-state index is 6.42. The van der Waals surface area contributed by atoms with Gasteiger partial charge < -0.3 is 9.47 Å². The van der Waals surface area contributed by atoms with Crippen molar-refractivity contribution in [2.75, 3.05) is 13.7 Å². The van der Waals surface area contributed by atoms with E-state index >= 15 is 0 Å². The van der Waals surface area contributed by atoms with Crippen LogP contribution in [-0.4, -0.2) is 36.4 Å². The van der Waals surface area contributed by atoms with Crippen LogP contribution in [-0.2, 0) is 4.74 Å². The van der Waals surface area contributed by atoms with Crippen LogP contribution in [0.3, 0.4) is 0 Å². The molecule has 4 atom stereocenters. The first kappa shape index (κ1) is 18.5. The second kappa shape index (κ2) is 7.51. The first-order valence-corrected chi connectivity index (χ1v) is 9.65. The van der Waals surface area contributed by atoms with Crippen molar-refractivity contribution < 1.29 is 9.47 Å². The third kappa shape index (κ3) is 3.78. The Morgan fingerprint density at radius 2 is 2.00 bits per heavy atom. The molecule has 0 bridgehead atoms. The Balaban J connectivity index is 1.72. The van der Waals surface area contributed by atoms with Crippen LogP contribution >= 0.6 is 0 Å². The van der Waals surface area contributed by atoms with Crippen LogP contribution in [0.5, 0.6) is 5.75 Å². The van der Waals surface area contributed by atoms with Crippen LogP contribution < -0.4 is 4.74 Å². The van der Waals surface area contributed by atoms with E-state index in [2.05, 4.69) is 50.8 Å². The number of benzene rings is 1. The molecule has 2 aliphatic rings. The van der Waals surface area contributed by atoms with Crippen LogP contribution in [0.1, 0.15) is 52.5 Å². The molecule has 1 aromatic carbocycles. The Kier molecular flexibility index (Phi) is 5.55. The minimum atomic E-state index is 0.156. The first-order chi connectivity index (χ1) is 11.9. The molecule has 1 heterocycles. The molecule has 0 aromatic heterocycles. The van der Waals surface area contributed by atoms with Crippen LogP contribution in [0, 0.1) is 11.8 Å². The number of para-hydroxylation sites is 1. The molecule has 0 amide bonds. The highest BCUT2D eigenvalue weighted by atomic mass is 16.5. The van der Waals surface area contributed by atoms with Crippen molar-refractivity contribution in [2.45, 2.75) is 64.8 Å². The van der Waals surface area contributed by atoms with Crippen molar-refractivity contribution in [3.63, 3.8) is 0 Å². The molecule has 0 N–H and O–H groups in total. The number of methoxy groups -OCH3 is 1. The van der Waals surface area contributed by atoms with Crippen molar-refractivity contribution in [3.8, 4) is 5.75 Å². The molecule has 2 fully saturated rings. The molecule has 3 heteroatoms. The summed E-state index contributed by atoms with van der Waals surface area (Å²) in [5.41, 5.74) is 1.28. The molecule has 0 spiro atoms. The third-order valence-electron chi connectivity index (χ3n) is 6.25. The van der Waals surface area contributed by atoms with E-state index in [4.69, 9.17) is 9.47 Å². The summed E-state index contributed by atoms with van der Waals surface area (Å²) in [6.45, 7) is 10.3. The molecule has 1 saturated heterocycles. The van der Waals surface area contributed by atoms with Gasteiger partial charge in [0.25, 0.3) is 0 Å². The highest BCUT2D eigenvalue weighted by Gasteiger charge is 2.48. The standard InChI is InChI=1S/C22H33NO2/c1-16-12-13-19-21(15-16)25-17(2)23(22(19,3)4)14-8-10-18-9-6-7-11-20(18)24-5/h6-11,16-17,19,21H,12-15H2,1-5H3/b10-8+/t16-,17+,19-,21-/m1/s1. The largest absolute Gasteiger partial charge is 0.496 e. The van der Waals surface area contributed by atoms with Crippen molar-refractivity contribution >= 4 is 6.08 Å². The van der Waals surface area contributed by atoms with Gasteiger partial charge in [-0.2, -0.15) is 0 Å². The van der Waals surface area contributed by atoms with Gasteiger partial charge in [0.05, 0.1) is 13.2 Å². The molecule has 138 valence electrons. The second-order valence-corrected chi connectivity index (χ2v) is 8.25. The fourth-order valence-electron chi connectivity index (χ4n) is 4.78. The second-order valence-electron chi connectivity index (χ2n) is 8.25. The molecule has 1 aliphatic carbocycles. The normalized spacial score (nSPS) is 32.5. The van der Waals surface area contributed by atoms with E-state index < -0.39 is 0 Å². The molecular formula is C22H33NO2. The zero-order valence-electron chi connectivity index (χ0n) is 16.4. The highest BCUT2D eigenvalue weighted by Crippen LogP contribution is 2.44. The molecule has 1 aromatic rings. The zero-order chi connectivity index (χ0) is 18.0. The number of fused-ring (bicyclic) bond motifs is 1. The fourth-order valence-corrected chi connectivity index (χ4v) is 4.78. The third-order valence-corrected chi connectivity index (χ3v) is 6.25. The van der Waals surface area contributed by atoms with E-state index in [0.717, 1.165) is 23.8 Å². The van der Waals surface area contributed by atoms with Crippen molar-refractivity contribution in [1.82, 2.24) is 4.90 Å². The van der Waals surface area contributed by atoms with E-state index in [9.17, 15) is 0 Å². The van der Waals surface area contributed by atoms with Gasteiger partial charge in [-0.05, 0) is 45.6 Å². The lowest BCUT2D eigenvalue weighted by Crippen LogP contribution is -2.63. The van der Waals surface area contributed by atoms with Gasteiger partial charge in [0.1, 0.15) is 12.0 Å². The Hall–Kier alpha value is -1.32. The lowest BCUT2D eigenvalue weighted by molar-refractivity contribution is -0.222. The molecule has 1 saturated carbocycles. The number of nitrogens with zero attached hydrogens (tertiary/aromatic N) is 1. The summed E-state index contributed by atoms with van der Waals surface area (Å²) >= 11 is 0. The van der Waals surface area contributed by atoms with Crippen LogP contribution in [0.2, 0.25) is 0 Å². The maximum absolute atomic E-state index is 6.42. The number of ether oxygens (including phenoxy) is 2. The van der Waals surface area contributed by atoms with E-state index in [1.807, 2.05) is 18.2 Å². The Bertz CT molecular complexity index is 610. The van der Waals surface area contributed by atoms with Crippen molar-refractivity contribution in [3.05, 3.63) is 35.9 Å². The van der Waals surface area contributed by atoms with Gasteiger partial charge >= 0.3 is 0 Å². The summed E-state index contributed by atoms with van der Waals surface area (Å²) in [5.74, 6) is 2.34. The Labute approximate surface area is 153 Å². The van der Waals surface area contributed by atoms with Gasteiger partial charge in [-0.1, -0.05) is 43.7 Å². The summed E-state index contributed by atoms with van der Waals surface area (Å²) in [7, 11) is 1.72. The average molecular weight is 344 g/mol. The molecule has 0 radical (unpaired) electrons. The molecular weight excluding hydrogens is 310 g/mol. The fraction of sp³-hybridized carbons (Fsp3) is 0.636. The van der Waals surface area contributed by atoms with Gasteiger partial charge in [-0.25, -0.2) is 0 Å². The van der Waals surface area contributed by atoms with Gasteiger partial charge in [-0.3, -0.25) is 4.90 Å². The lowest BCUT2D eigenvalue weighted by Gasteiger charge is -2.56. The number of hydrogen-bond acceptors (Lipinski definition) is 3. The predicted octanol–water partition coefficient (Wildman–Crippen LogP) is 4.97. The summed E-state index contributed by atoms with van der Waals surface area (Å²) in [5, 5.41) is 0.